The van der Waals surface area contributed by atoms with Gasteiger partial charge in [0, 0.05) is 17.8 Å². The van der Waals surface area contributed by atoms with Crippen LogP contribution >= 0.6 is 11.6 Å². The van der Waals surface area contributed by atoms with Gasteiger partial charge < -0.3 is 10.4 Å². The van der Waals surface area contributed by atoms with Crippen molar-refractivity contribution in [2.75, 3.05) is 5.32 Å². The van der Waals surface area contributed by atoms with Gasteiger partial charge in [0.25, 0.3) is 5.69 Å². The molecule has 1 aliphatic rings. The van der Waals surface area contributed by atoms with E-state index in [1.807, 2.05) is 0 Å². The topological polar surface area (TPSA) is 92.5 Å². The molecule has 6 nitrogen and oxygen atoms in total. The molecule has 0 bridgehead atoms. The lowest BCUT2D eigenvalue weighted by Crippen LogP contribution is -2.19. The molecule has 106 valence electrons. The van der Waals surface area contributed by atoms with Crippen molar-refractivity contribution in [3.05, 3.63) is 45.0 Å². The first kappa shape index (κ1) is 14.3. The lowest BCUT2D eigenvalue weighted by atomic mass is 10.1. The average molecular weight is 297 g/mol. The van der Waals surface area contributed by atoms with E-state index >= 15 is 0 Å². The molecule has 2 atom stereocenters. The van der Waals surface area contributed by atoms with Crippen molar-refractivity contribution in [1.29, 1.82) is 0 Å². The standard InChI is InChI=1S/C13H13ClN2O4/c1-7-4-12(16(19)20)10(14)6-11(7)15-9-3-2-8(5-9)13(17)18/h2-4,6,8-9,15H,5H2,1H3,(H,17,18). The minimum atomic E-state index is -0.857. The second kappa shape index (κ2) is 5.50. The molecular formula is C13H13ClN2O4. The number of nitrogens with one attached hydrogen (secondary N) is 1. The normalized spacial score (nSPS) is 20.9. The molecule has 0 aliphatic heterocycles. The van der Waals surface area contributed by atoms with Crippen LogP contribution in [0, 0.1) is 23.0 Å². The van der Waals surface area contributed by atoms with E-state index in [0.29, 0.717) is 17.7 Å². The minimum Gasteiger partial charge on any atom is -0.481 e. The second-order valence-corrected chi connectivity index (χ2v) is 5.10. The molecule has 1 aromatic rings. The smallest absolute Gasteiger partial charge is 0.310 e. The van der Waals surface area contributed by atoms with E-state index in [9.17, 15) is 14.9 Å². The number of anilines is 1. The maximum atomic E-state index is 10.9. The van der Waals surface area contributed by atoms with E-state index in [4.69, 9.17) is 16.7 Å². The number of rotatable bonds is 4. The van der Waals surface area contributed by atoms with Gasteiger partial charge in [0.15, 0.2) is 0 Å². The van der Waals surface area contributed by atoms with E-state index < -0.39 is 16.8 Å². The number of carbonyl (C=O) groups is 1. The summed E-state index contributed by atoms with van der Waals surface area (Å²) in [5, 5.41) is 22.9. The molecule has 0 saturated carbocycles. The van der Waals surface area contributed by atoms with Crippen molar-refractivity contribution >= 4 is 28.9 Å². The van der Waals surface area contributed by atoms with Crippen LogP contribution in [0.2, 0.25) is 5.02 Å². The molecule has 2 unspecified atom stereocenters. The number of aryl methyl sites for hydroxylation is 1. The quantitative estimate of drug-likeness (QED) is 0.506. The van der Waals surface area contributed by atoms with E-state index in [1.54, 1.807) is 19.1 Å². The fourth-order valence-corrected chi connectivity index (χ4v) is 2.38. The molecule has 0 radical (unpaired) electrons. The van der Waals surface area contributed by atoms with E-state index in [0.717, 1.165) is 0 Å². The Hall–Kier alpha value is -2.08. The Labute approximate surface area is 120 Å². The van der Waals surface area contributed by atoms with Crippen LogP contribution in [0.25, 0.3) is 0 Å². The summed E-state index contributed by atoms with van der Waals surface area (Å²) in [6.45, 7) is 1.74. The maximum absolute atomic E-state index is 10.9. The summed E-state index contributed by atoms with van der Waals surface area (Å²) in [6.07, 6.45) is 3.87. The zero-order valence-corrected chi connectivity index (χ0v) is 11.4. The molecule has 1 aliphatic carbocycles. The van der Waals surface area contributed by atoms with Crippen LogP contribution in [-0.4, -0.2) is 22.0 Å². The summed E-state index contributed by atoms with van der Waals surface area (Å²) < 4.78 is 0. The highest BCUT2D eigenvalue weighted by molar-refractivity contribution is 6.33. The number of carboxylic acid groups (broad SMARTS) is 1. The van der Waals surface area contributed by atoms with Crippen LogP contribution in [0.15, 0.2) is 24.3 Å². The SMILES string of the molecule is Cc1cc([N+](=O)[O-])c(Cl)cc1NC1C=CC(C(=O)O)C1. The Bertz CT molecular complexity index is 600. The third kappa shape index (κ3) is 2.91. The molecule has 0 amide bonds. The average Bonchev–Trinajstić information content (AvgIpc) is 2.81. The molecule has 0 heterocycles. The van der Waals surface area contributed by atoms with Gasteiger partial charge in [0.1, 0.15) is 5.02 Å². The summed E-state index contributed by atoms with van der Waals surface area (Å²) >= 11 is 5.87. The molecule has 2 N–H and O–H groups in total. The Kier molecular flexibility index (Phi) is 3.94. The number of nitro groups is 1. The summed E-state index contributed by atoms with van der Waals surface area (Å²) in [5.74, 6) is -1.36. The third-order valence-electron chi connectivity index (χ3n) is 3.23. The number of halogens is 1. The zero-order valence-electron chi connectivity index (χ0n) is 10.7. The predicted octanol–water partition coefficient (Wildman–Crippen LogP) is 3.00. The lowest BCUT2D eigenvalue weighted by Gasteiger charge is -2.16. The summed E-state index contributed by atoms with van der Waals surface area (Å²) in [4.78, 5) is 21.1. The van der Waals surface area contributed by atoms with Crippen LogP contribution in [0.3, 0.4) is 0 Å². The molecular weight excluding hydrogens is 284 g/mol. The number of nitro benzene ring substituents is 1. The van der Waals surface area contributed by atoms with Crippen molar-refractivity contribution in [1.82, 2.24) is 0 Å². The minimum absolute atomic E-state index is 0.0554. The first-order valence-corrected chi connectivity index (χ1v) is 6.38. The Morgan fingerprint density at radius 3 is 2.75 bits per heavy atom. The lowest BCUT2D eigenvalue weighted by molar-refractivity contribution is -0.384. The molecule has 0 spiro atoms. The number of nitrogens with zero attached hydrogens (tertiary/aromatic N) is 1. The van der Waals surface area contributed by atoms with Gasteiger partial charge in [-0.05, 0) is 25.0 Å². The molecule has 20 heavy (non-hydrogen) atoms. The van der Waals surface area contributed by atoms with Crippen LogP contribution in [-0.2, 0) is 4.79 Å². The highest BCUT2D eigenvalue weighted by atomic mass is 35.5. The molecule has 0 aromatic heterocycles. The van der Waals surface area contributed by atoms with Crippen molar-refractivity contribution in [2.45, 2.75) is 19.4 Å². The number of aliphatic carboxylic acids is 1. The Balaban J connectivity index is 2.15. The number of benzene rings is 1. The number of hydrogen-bond donors (Lipinski definition) is 2. The van der Waals surface area contributed by atoms with Crippen LogP contribution in [0.5, 0.6) is 0 Å². The van der Waals surface area contributed by atoms with Crippen LogP contribution in [0.1, 0.15) is 12.0 Å². The van der Waals surface area contributed by atoms with Gasteiger partial charge in [0.2, 0.25) is 0 Å². The highest BCUT2D eigenvalue weighted by Crippen LogP contribution is 2.32. The molecule has 1 aromatic carbocycles. The van der Waals surface area contributed by atoms with E-state index in [2.05, 4.69) is 5.32 Å². The Morgan fingerprint density at radius 1 is 1.50 bits per heavy atom. The summed E-state index contributed by atoms with van der Waals surface area (Å²) in [7, 11) is 0. The molecule has 2 rings (SSSR count). The van der Waals surface area contributed by atoms with Gasteiger partial charge in [-0.1, -0.05) is 23.8 Å². The van der Waals surface area contributed by atoms with Gasteiger partial charge >= 0.3 is 5.97 Å². The first-order chi connectivity index (χ1) is 9.38. The van der Waals surface area contributed by atoms with Gasteiger partial charge in [0.05, 0.1) is 10.8 Å². The van der Waals surface area contributed by atoms with Crippen molar-refractivity contribution in [3.63, 3.8) is 0 Å². The molecule has 7 heteroatoms. The van der Waals surface area contributed by atoms with E-state index in [1.165, 1.54) is 12.1 Å². The molecule has 0 saturated heterocycles. The zero-order chi connectivity index (χ0) is 14.9. The molecule has 0 fully saturated rings. The number of hydrogen-bond acceptors (Lipinski definition) is 4. The third-order valence-corrected chi connectivity index (χ3v) is 3.53. The van der Waals surface area contributed by atoms with Crippen molar-refractivity contribution in [3.8, 4) is 0 Å². The maximum Gasteiger partial charge on any atom is 0.310 e. The fraction of sp³-hybridized carbons (Fsp3) is 0.308. The fourth-order valence-electron chi connectivity index (χ4n) is 2.15. The van der Waals surface area contributed by atoms with E-state index in [-0.39, 0.29) is 16.8 Å². The number of carboxylic acids is 1. The first-order valence-electron chi connectivity index (χ1n) is 6.00. The highest BCUT2D eigenvalue weighted by Gasteiger charge is 2.25. The Morgan fingerprint density at radius 2 is 2.20 bits per heavy atom. The predicted molar refractivity (Wildman–Crippen MR) is 75.1 cm³/mol. The van der Waals surface area contributed by atoms with Gasteiger partial charge in [-0.15, -0.1) is 0 Å². The van der Waals surface area contributed by atoms with Crippen LogP contribution in [0.4, 0.5) is 11.4 Å². The summed E-state index contributed by atoms with van der Waals surface area (Å²) in [5.41, 5.74) is 1.22. The van der Waals surface area contributed by atoms with Crippen molar-refractivity contribution in [2.24, 2.45) is 5.92 Å². The van der Waals surface area contributed by atoms with Crippen molar-refractivity contribution < 1.29 is 14.8 Å². The monoisotopic (exact) mass is 296 g/mol. The van der Waals surface area contributed by atoms with Crippen LogP contribution < -0.4 is 5.32 Å². The largest absolute Gasteiger partial charge is 0.481 e. The summed E-state index contributed by atoms with van der Waals surface area (Å²) in [6, 6.07) is 2.78. The van der Waals surface area contributed by atoms with Gasteiger partial charge in [-0.2, -0.15) is 0 Å². The van der Waals surface area contributed by atoms with Gasteiger partial charge in [-0.25, -0.2) is 0 Å². The van der Waals surface area contributed by atoms with Gasteiger partial charge in [-0.3, -0.25) is 14.9 Å². The second-order valence-electron chi connectivity index (χ2n) is 4.69.